The maximum absolute atomic E-state index is 13.5. The van der Waals surface area contributed by atoms with Crippen molar-refractivity contribution >= 4 is 17.6 Å². The molecule has 0 radical (unpaired) electrons. The van der Waals surface area contributed by atoms with Gasteiger partial charge in [-0.2, -0.15) is 0 Å². The van der Waals surface area contributed by atoms with Crippen molar-refractivity contribution in [3.63, 3.8) is 0 Å². The van der Waals surface area contributed by atoms with Crippen LogP contribution >= 0.6 is 0 Å². The van der Waals surface area contributed by atoms with Crippen molar-refractivity contribution in [3.05, 3.63) is 65.7 Å². The third kappa shape index (κ3) is 6.15. The number of anilines is 1. The number of nitrogens with one attached hydrogen (secondary N) is 1. The fourth-order valence-electron chi connectivity index (χ4n) is 5.14. The number of hydrogen-bond donors (Lipinski definition) is 2. The lowest BCUT2D eigenvalue weighted by molar-refractivity contribution is 0.0997. The summed E-state index contributed by atoms with van der Waals surface area (Å²) in [7, 11) is 1.71. The Morgan fingerprint density at radius 1 is 1.06 bits per heavy atom. The van der Waals surface area contributed by atoms with Crippen LogP contribution < -0.4 is 10.6 Å². The molecule has 34 heavy (non-hydrogen) atoms. The van der Waals surface area contributed by atoms with Crippen molar-refractivity contribution in [1.82, 2.24) is 9.80 Å². The smallest absolute Gasteiger partial charge is 0.324 e. The molecule has 2 aromatic rings. The molecule has 0 aromatic heterocycles. The minimum atomic E-state index is 0.00984. The van der Waals surface area contributed by atoms with Gasteiger partial charge in [0.05, 0.1) is 6.61 Å². The molecule has 2 aliphatic heterocycles. The number of nitrogens with zero attached hydrogens (tertiary/aromatic N) is 3. The standard InChI is InChI=1S/C27H37N5O2/c1-34-20-23-18-31(27(33)32(19-23)25-9-5-8-24(16-25)26(28)29)17-22-11-14-30(15-12-22)13-10-21-6-3-2-4-7-21/h2-9,16,22-23H,10-15,17-20H2,1H3,(H3,28,29). The number of rotatable bonds is 9. The molecule has 2 saturated heterocycles. The normalized spacial score (nSPS) is 20.0. The van der Waals surface area contributed by atoms with E-state index in [2.05, 4.69) is 35.2 Å². The van der Waals surface area contributed by atoms with Crippen LogP contribution in [-0.2, 0) is 11.2 Å². The van der Waals surface area contributed by atoms with E-state index in [1.165, 1.54) is 5.56 Å². The molecule has 7 heteroatoms. The summed E-state index contributed by atoms with van der Waals surface area (Å²) in [6.45, 7) is 6.01. The summed E-state index contributed by atoms with van der Waals surface area (Å²) in [5.41, 5.74) is 8.50. The molecule has 2 aromatic carbocycles. The first-order valence-corrected chi connectivity index (χ1v) is 12.3. The molecule has 0 bridgehead atoms. The number of likely N-dealkylation sites (tertiary alicyclic amines) is 1. The number of amides is 2. The number of nitrogens with two attached hydrogens (primary N) is 1. The number of carbonyl (C=O) groups is 1. The van der Waals surface area contributed by atoms with Gasteiger partial charge in [-0.3, -0.25) is 10.3 Å². The van der Waals surface area contributed by atoms with Crippen LogP contribution in [0.1, 0.15) is 24.0 Å². The SMILES string of the molecule is COCC1CN(CC2CCN(CCc3ccccc3)CC2)C(=O)N(c2cccc(C(=N)N)c2)C1. The maximum Gasteiger partial charge on any atom is 0.324 e. The zero-order valence-electron chi connectivity index (χ0n) is 20.2. The summed E-state index contributed by atoms with van der Waals surface area (Å²) < 4.78 is 5.45. The molecule has 0 saturated carbocycles. The summed E-state index contributed by atoms with van der Waals surface area (Å²) >= 11 is 0. The molecule has 0 aliphatic carbocycles. The van der Waals surface area contributed by atoms with Crippen molar-refractivity contribution in [2.75, 3.05) is 57.9 Å². The summed E-state index contributed by atoms with van der Waals surface area (Å²) in [6.07, 6.45) is 3.32. The first-order valence-electron chi connectivity index (χ1n) is 12.3. The van der Waals surface area contributed by atoms with Gasteiger partial charge in [0.25, 0.3) is 0 Å². The number of piperidine rings is 1. The fraction of sp³-hybridized carbons (Fsp3) is 0.481. The van der Waals surface area contributed by atoms with Gasteiger partial charge in [-0.15, -0.1) is 0 Å². The Balaban J connectivity index is 1.35. The Labute approximate surface area is 203 Å². The zero-order valence-corrected chi connectivity index (χ0v) is 20.2. The van der Waals surface area contributed by atoms with Crippen LogP contribution in [0, 0.1) is 17.2 Å². The van der Waals surface area contributed by atoms with E-state index in [4.69, 9.17) is 15.9 Å². The first kappa shape index (κ1) is 24.2. The summed E-state index contributed by atoms with van der Waals surface area (Å²) in [5.74, 6) is 0.772. The number of benzene rings is 2. The van der Waals surface area contributed by atoms with Gasteiger partial charge in [-0.1, -0.05) is 42.5 Å². The molecule has 2 amide bonds. The number of urea groups is 1. The van der Waals surface area contributed by atoms with Crippen LogP contribution in [0.15, 0.2) is 54.6 Å². The second-order valence-electron chi connectivity index (χ2n) is 9.60. The largest absolute Gasteiger partial charge is 0.384 e. The highest BCUT2D eigenvalue weighted by atomic mass is 16.5. The molecule has 0 spiro atoms. The molecular weight excluding hydrogens is 426 g/mol. The van der Waals surface area contributed by atoms with Crippen LogP contribution in [0.5, 0.6) is 0 Å². The van der Waals surface area contributed by atoms with Crippen molar-refractivity contribution < 1.29 is 9.53 Å². The van der Waals surface area contributed by atoms with Gasteiger partial charge in [0.1, 0.15) is 5.84 Å². The van der Waals surface area contributed by atoms with Gasteiger partial charge in [0.15, 0.2) is 0 Å². The second-order valence-corrected chi connectivity index (χ2v) is 9.60. The summed E-state index contributed by atoms with van der Waals surface area (Å²) in [5, 5.41) is 7.75. The predicted octanol–water partition coefficient (Wildman–Crippen LogP) is 3.43. The minimum Gasteiger partial charge on any atom is -0.384 e. The van der Waals surface area contributed by atoms with Crippen LogP contribution in [0.25, 0.3) is 0 Å². The Hall–Kier alpha value is -2.90. The van der Waals surface area contributed by atoms with E-state index in [0.29, 0.717) is 24.6 Å². The van der Waals surface area contributed by atoms with E-state index in [9.17, 15) is 4.79 Å². The predicted molar refractivity (Wildman–Crippen MR) is 136 cm³/mol. The Kier molecular flexibility index (Phi) is 8.19. The monoisotopic (exact) mass is 463 g/mol. The number of carbonyl (C=O) groups excluding carboxylic acids is 1. The highest BCUT2D eigenvalue weighted by Gasteiger charge is 2.34. The third-order valence-electron chi connectivity index (χ3n) is 7.04. The molecule has 2 aliphatic rings. The van der Waals surface area contributed by atoms with E-state index in [1.54, 1.807) is 13.2 Å². The first-order chi connectivity index (χ1) is 16.5. The van der Waals surface area contributed by atoms with Gasteiger partial charge >= 0.3 is 6.03 Å². The number of nitrogen functional groups attached to an aromatic ring is 1. The summed E-state index contributed by atoms with van der Waals surface area (Å²) in [6, 6.07) is 18.1. The number of amidine groups is 1. The van der Waals surface area contributed by atoms with Gasteiger partial charge in [0.2, 0.25) is 0 Å². The lowest BCUT2D eigenvalue weighted by Crippen LogP contribution is -2.56. The Bertz CT molecular complexity index is 959. The van der Waals surface area contributed by atoms with E-state index < -0.39 is 0 Å². The van der Waals surface area contributed by atoms with Crippen LogP contribution in [0.3, 0.4) is 0 Å². The lowest BCUT2D eigenvalue weighted by atomic mass is 9.94. The van der Waals surface area contributed by atoms with Gasteiger partial charge in [-0.05, 0) is 56.0 Å². The van der Waals surface area contributed by atoms with E-state index >= 15 is 0 Å². The molecule has 1 unspecified atom stereocenters. The molecule has 182 valence electrons. The molecule has 2 fully saturated rings. The Morgan fingerprint density at radius 2 is 1.82 bits per heavy atom. The van der Waals surface area contributed by atoms with Crippen molar-refractivity contribution in [3.8, 4) is 0 Å². The number of methoxy groups -OCH3 is 1. The number of ether oxygens (including phenoxy) is 1. The molecule has 1 atom stereocenters. The van der Waals surface area contributed by atoms with Crippen LogP contribution in [-0.4, -0.2) is 74.7 Å². The van der Waals surface area contributed by atoms with Gasteiger partial charge in [0, 0.05) is 50.5 Å². The molecule has 4 rings (SSSR count). The highest BCUT2D eigenvalue weighted by molar-refractivity contribution is 5.98. The third-order valence-corrected chi connectivity index (χ3v) is 7.04. The molecule has 2 heterocycles. The number of hydrogen-bond acceptors (Lipinski definition) is 4. The van der Waals surface area contributed by atoms with Crippen molar-refractivity contribution in [1.29, 1.82) is 5.41 Å². The quantitative estimate of drug-likeness (QED) is 0.441. The minimum absolute atomic E-state index is 0.00984. The Morgan fingerprint density at radius 3 is 2.53 bits per heavy atom. The zero-order chi connectivity index (χ0) is 23.9. The van der Waals surface area contributed by atoms with Crippen LogP contribution in [0.4, 0.5) is 10.5 Å². The lowest BCUT2D eigenvalue weighted by Gasteiger charge is -2.42. The molecule has 7 nitrogen and oxygen atoms in total. The van der Waals surface area contributed by atoms with Crippen molar-refractivity contribution in [2.24, 2.45) is 17.6 Å². The topological polar surface area (TPSA) is 85.9 Å². The van der Waals surface area contributed by atoms with Crippen molar-refractivity contribution in [2.45, 2.75) is 19.3 Å². The molecule has 3 N–H and O–H groups in total. The second kappa shape index (κ2) is 11.5. The van der Waals surface area contributed by atoms with Crippen LogP contribution in [0.2, 0.25) is 0 Å². The summed E-state index contributed by atoms with van der Waals surface area (Å²) in [4.78, 5) is 19.9. The average molecular weight is 464 g/mol. The maximum atomic E-state index is 13.5. The molecular formula is C27H37N5O2. The van der Waals surface area contributed by atoms with Gasteiger partial charge < -0.3 is 20.3 Å². The van der Waals surface area contributed by atoms with E-state index in [0.717, 1.165) is 57.7 Å². The van der Waals surface area contributed by atoms with Gasteiger partial charge in [-0.25, -0.2) is 4.79 Å². The van der Waals surface area contributed by atoms with E-state index in [-0.39, 0.29) is 17.8 Å². The average Bonchev–Trinajstić information content (AvgIpc) is 2.86. The fourth-order valence-corrected chi connectivity index (χ4v) is 5.14. The van der Waals surface area contributed by atoms with E-state index in [1.807, 2.05) is 28.0 Å². The highest BCUT2D eigenvalue weighted by Crippen LogP contribution is 2.27.